The molecule has 0 bridgehead atoms. The van der Waals surface area contributed by atoms with Crippen LogP contribution in [-0.4, -0.2) is 27.5 Å². The molecule has 1 aromatic heterocycles. The van der Waals surface area contributed by atoms with Crippen LogP contribution in [0.25, 0.3) is 22.2 Å². The monoisotopic (exact) mass is 413 g/mol. The lowest BCUT2D eigenvalue weighted by Gasteiger charge is -2.21. The van der Waals surface area contributed by atoms with Crippen LogP contribution in [0.3, 0.4) is 0 Å². The highest BCUT2D eigenvalue weighted by molar-refractivity contribution is 5.87. The molecular weight excluding hydrogens is 390 g/mol. The van der Waals surface area contributed by atoms with Crippen molar-refractivity contribution in [2.45, 2.75) is 25.5 Å². The number of nitrogens with one attached hydrogen (secondary N) is 1. The third-order valence-electron chi connectivity index (χ3n) is 5.61. The quantitative estimate of drug-likeness (QED) is 0.369. The molecule has 4 aromatic rings. The number of likely N-dealkylation sites (tertiary alicyclic amines) is 1. The number of fused-ring (bicyclic) bond motifs is 1. The molecule has 0 aliphatic carbocycles. The van der Waals surface area contributed by atoms with Gasteiger partial charge in [-0.05, 0) is 47.4 Å². The van der Waals surface area contributed by atoms with Gasteiger partial charge < -0.3 is 19.9 Å². The Morgan fingerprint density at radius 1 is 1.10 bits per heavy atom. The van der Waals surface area contributed by atoms with Crippen molar-refractivity contribution in [2.24, 2.45) is 5.73 Å². The predicted molar refractivity (Wildman–Crippen MR) is 119 cm³/mol. The number of benzene rings is 3. The summed E-state index contributed by atoms with van der Waals surface area (Å²) in [6, 6.07) is 22.1. The van der Waals surface area contributed by atoms with Crippen LogP contribution in [0.15, 0.2) is 71.3 Å². The molecule has 0 saturated carbocycles. The average molecular weight is 413 g/mol. The van der Waals surface area contributed by atoms with Crippen LogP contribution in [-0.2, 0) is 6.61 Å². The minimum absolute atomic E-state index is 0.0400. The molecule has 0 radical (unpaired) electrons. The van der Waals surface area contributed by atoms with E-state index in [2.05, 4.69) is 10.1 Å². The third kappa shape index (κ3) is 3.94. The van der Waals surface area contributed by atoms with Gasteiger partial charge in [-0.25, -0.2) is 0 Å². The largest absolute Gasteiger partial charge is 0.489 e. The van der Waals surface area contributed by atoms with Gasteiger partial charge in [0, 0.05) is 12.1 Å². The zero-order valence-corrected chi connectivity index (χ0v) is 17.0. The molecule has 0 unspecified atom stereocenters. The maximum atomic E-state index is 7.73. The number of aromatic nitrogens is 2. The lowest BCUT2D eigenvalue weighted by molar-refractivity contribution is 0.283. The Hall–Kier alpha value is -3.87. The molecule has 0 spiro atoms. The van der Waals surface area contributed by atoms with Crippen molar-refractivity contribution in [3.63, 3.8) is 0 Å². The van der Waals surface area contributed by atoms with Crippen LogP contribution < -0.4 is 10.5 Å². The second kappa shape index (κ2) is 8.10. The van der Waals surface area contributed by atoms with Crippen molar-refractivity contribution in [1.29, 1.82) is 5.41 Å². The van der Waals surface area contributed by atoms with E-state index in [0.29, 0.717) is 18.3 Å². The minimum Gasteiger partial charge on any atom is -0.489 e. The predicted octanol–water partition coefficient (Wildman–Crippen LogP) is 4.50. The average Bonchev–Trinajstić information content (AvgIpc) is 3.47. The fraction of sp³-hybridized carbons (Fsp3) is 0.208. The van der Waals surface area contributed by atoms with Crippen molar-refractivity contribution in [2.75, 3.05) is 6.54 Å². The van der Waals surface area contributed by atoms with E-state index < -0.39 is 0 Å². The van der Waals surface area contributed by atoms with Crippen molar-refractivity contribution < 1.29 is 9.26 Å². The van der Waals surface area contributed by atoms with E-state index in [1.165, 1.54) is 0 Å². The maximum Gasteiger partial charge on any atom is 0.249 e. The topological polar surface area (TPSA) is 101 Å². The van der Waals surface area contributed by atoms with Crippen molar-refractivity contribution in [3.05, 3.63) is 78.2 Å². The van der Waals surface area contributed by atoms with Crippen molar-refractivity contribution >= 4 is 16.7 Å². The second-order valence-corrected chi connectivity index (χ2v) is 7.69. The van der Waals surface area contributed by atoms with Gasteiger partial charge in [0.05, 0.1) is 0 Å². The molecule has 3 aromatic carbocycles. The lowest BCUT2D eigenvalue weighted by Crippen LogP contribution is -2.35. The standard InChI is InChI=1S/C24H23N5O2/c25-24(26)29-12-4-7-21(29)23-27-22(28-31-23)19-9-8-18-14-20(11-10-17(18)13-19)30-15-16-5-2-1-3-6-16/h1-3,5-6,8-11,13-14,21H,4,7,12,15H2,(H3,25,26)/t21-/m0/s1. The summed E-state index contributed by atoms with van der Waals surface area (Å²) in [5.74, 6) is 1.92. The Bertz CT molecular complexity index is 1220. The normalized spacial score (nSPS) is 16.0. The van der Waals surface area contributed by atoms with Crippen LogP contribution in [0.2, 0.25) is 0 Å². The smallest absolute Gasteiger partial charge is 0.249 e. The Morgan fingerprint density at radius 2 is 1.90 bits per heavy atom. The molecule has 1 fully saturated rings. The highest BCUT2D eigenvalue weighted by Crippen LogP contribution is 2.32. The first-order valence-corrected chi connectivity index (χ1v) is 10.3. The van der Waals surface area contributed by atoms with Crippen LogP contribution in [0.5, 0.6) is 5.75 Å². The number of guanidine groups is 1. The van der Waals surface area contributed by atoms with Gasteiger partial charge in [0.1, 0.15) is 18.4 Å². The molecule has 1 atom stereocenters. The first kappa shape index (κ1) is 19.1. The fourth-order valence-electron chi connectivity index (χ4n) is 3.99. The number of nitrogens with two attached hydrogens (primary N) is 1. The van der Waals surface area contributed by atoms with Gasteiger partial charge in [-0.15, -0.1) is 0 Å². The van der Waals surface area contributed by atoms with Gasteiger partial charge in [-0.1, -0.05) is 53.7 Å². The molecule has 0 amide bonds. The summed E-state index contributed by atoms with van der Waals surface area (Å²) >= 11 is 0. The van der Waals surface area contributed by atoms with Crippen LogP contribution >= 0.6 is 0 Å². The number of hydrogen-bond acceptors (Lipinski definition) is 5. The van der Waals surface area contributed by atoms with Crippen LogP contribution in [0.1, 0.15) is 30.3 Å². The SMILES string of the molecule is N=C(N)N1CCC[C@H]1c1nc(-c2ccc3cc(OCc4ccccc4)ccc3c2)no1. The highest BCUT2D eigenvalue weighted by Gasteiger charge is 2.31. The molecule has 5 rings (SSSR count). The summed E-state index contributed by atoms with van der Waals surface area (Å²) in [6.45, 7) is 1.27. The molecule has 1 aliphatic rings. The molecule has 7 heteroatoms. The Labute approximate surface area is 179 Å². The molecule has 3 N–H and O–H groups in total. The summed E-state index contributed by atoms with van der Waals surface area (Å²) in [4.78, 5) is 6.39. The number of rotatable bonds is 5. The van der Waals surface area contributed by atoms with E-state index in [-0.39, 0.29) is 12.0 Å². The zero-order chi connectivity index (χ0) is 21.2. The fourth-order valence-corrected chi connectivity index (χ4v) is 3.99. The van der Waals surface area contributed by atoms with Crippen LogP contribution in [0, 0.1) is 5.41 Å². The Morgan fingerprint density at radius 3 is 2.74 bits per heavy atom. The lowest BCUT2D eigenvalue weighted by atomic mass is 10.1. The van der Waals surface area contributed by atoms with Gasteiger partial charge in [-0.2, -0.15) is 4.98 Å². The second-order valence-electron chi connectivity index (χ2n) is 7.69. The van der Waals surface area contributed by atoms with Crippen molar-refractivity contribution in [1.82, 2.24) is 15.0 Å². The Balaban J connectivity index is 1.34. The van der Waals surface area contributed by atoms with Crippen molar-refractivity contribution in [3.8, 4) is 17.1 Å². The zero-order valence-electron chi connectivity index (χ0n) is 17.0. The first-order valence-electron chi connectivity index (χ1n) is 10.3. The molecule has 31 heavy (non-hydrogen) atoms. The maximum absolute atomic E-state index is 7.73. The van der Waals surface area contributed by atoms with E-state index in [9.17, 15) is 0 Å². The van der Waals surface area contributed by atoms with E-state index in [1.807, 2.05) is 66.7 Å². The van der Waals surface area contributed by atoms with Gasteiger partial charge in [-0.3, -0.25) is 5.41 Å². The number of ether oxygens (including phenoxy) is 1. The summed E-state index contributed by atoms with van der Waals surface area (Å²) in [5.41, 5.74) is 7.70. The first-order chi connectivity index (χ1) is 15.2. The van der Waals surface area contributed by atoms with Gasteiger partial charge in [0.2, 0.25) is 11.7 Å². The highest BCUT2D eigenvalue weighted by atomic mass is 16.5. The van der Waals surface area contributed by atoms with E-state index in [1.54, 1.807) is 4.90 Å². The van der Waals surface area contributed by atoms with Gasteiger partial charge in [0.25, 0.3) is 0 Å². The third-order valence-corrected chi connectivity index (χ3v) is 5.61. The number of hydrogen-bond donors (Lipinski definition) is 2. The summed E-state index contributed by atoms with van der Waals surface area (Å²) in [6.07, 6.45) is 1.80. The van der Waals surface area contributed by atoms with Gasteiger partial charge >= 0.3 is 0 Å². The van der Waals surface area contributed by atoms with E-state index in [0.717, 1.165) is 47.0 Å². The summed E-state index contributed by atoms with van der Waals surface area (Å²) < 4.78 is 11.4. The molecule has 1 saturated heterocycles. The van der Waals surface area contributed by atoms with Crippen LogP contribution in [0.4, 0.5) is 0 Å². The summed E-state index contributed by atoms with van der Waals surface area (Å²) in [7, 11) is 0. The van der Waals surface area contributed by atoms with E-state index in [4.69, 9.17) is 20.4 Å². The van der Waals surface area contributed by atoms with Gasteiger partial charge in [0.15, 0.2) is 5.96 Å². The number of nitrogens with zero attached hydrogens (tertiary/aromatic N) is 3. The molecule has 1 aliphatic heterocycles. The molecule has 2 heterocycles. The Kier molecular flexibility index (Phi) is 5.00. The van der Waals surface area contributed by atoms with E-state index >= 15 is 0 Å². The molecular formula is C24H23N5O2. The molecule has 156 valence electrons. The summed E-state index contributed by atoms with van der Waals surface area (Å²) in [5, 5.41) is 14.0. The molecule has 7 nitrogen and oxygen atoms in total. The minimum atomic E-state index is -0.122.